The maximum Gasteiger partial charge on any atom is 0.215 e. The fourth-order valence-corrected chi connectivity index (χ4v) is 5.74. The number of nitrogens with zero attached hydrogens (tertiary/aromatic N) is 2. The van der Waals surface area contributed by atoms with E-state index >= 15 is 0 Å². The number of hydrogen-bond donors (Lipinski definition) is 0. The molecule has 0 radical (unpaired) electrons. The van der Waals surface area contributed by atoms with Crippen molar-refractivity contribution in [3.63, 3.8) is 0 Å². The normalized spacial score (nSPS) is 13.1. The van der Waals surface area contributed by atoms with Crippen LogP contribution in [0.3, 0.4) is 0 Å². The number of rotatable bonds is 9. The van der Waals surface area contributed by atoms with E-state index in [4.69, 9.17) is 0 Å². The average molecular weight is 271 g/mol. The number of allylic oxidation sites excluding steroid dienone is 1. The molecule has 0 heterocycles. The van der Waals surface area contributed by atoms with E-state index < -0.39 is 9.12 Å². The molecule has 3 heteroatoms. The van der Waals surface area contributed by atoms with E-state index in [1.165, 1.54) is 12.8 Å². The molecule has 0 aromatic heterocycles. The second kappa shape index (κ2) is 9.76. The van der Waals surface area contributed by atoms with Crippen molar-refractivity contribution in [2.45, 2.75) is 73.4 Å². The van der Waals surface area contributed by atoms with Gasteiger partial charge in [0.1, 0.15) is 0 Å². The van der Waals surface area contributed by atoms with Crippen molar-refractivity contribution in [2.75, 3.05) is 13.1 Å². The Balaban J connectivity index is 5.00. The second-order valence-corrected chi connectivity index (χ2v) is 8.02. The molecular formula is C15H34N2Si. The minimum Gasteiger partial charge on any atom is -0.309 e. The Hall–Kier alpha value is -0.123. The van der Waals surface area contributed by atoms with Gasteiger partial charge in [0, 0.05) is 0 Å². The van der Waals surface area contributed by atoms with Gasteiger partial charge in [-0.15, -0.1) is 0 Å². The second-order valence-electron chi connectivity index (χ2n) is 5.48. The lowest BCUT2D eigenvalue weighted by molar-refractivity contribution is 0.297. The summed E-state index contributed by atoms with van der Waals surface area (Å²) >= 11 is 0. The van der Waals surface area contributed by atoms with Gasteiger partial charge in [-0.05, 0) is 31.6 Å². The number of unbranched alkanes of at least 4 members (excludes halogenated alkanes) is 1. The molecular weight excluding hydrogens is 236 g/mol. The minimum atomic E-state index is -1.12. The smallest absolute Gasteiger partial charge is 0.215 e. The highest BCUT2D eigenvalue weighted by molar-refractivity contribution is 6.58. The summed E-state index contributed by atoms with van der Waals surface area (Å²) in [6, 6.07) is 1.29. The fourth-order valence-electron chi connectivity index (χ4n) is 2.51. The molecule has 0 fully saturated rings. The van der Waals surface area contributed by atoms with Crippen LogP contribution in [0.1, 0.15) is 61.3 Å². The van der Waals surface area contributed by atoms with Crippen LogP contribution in [0.5, 0.6) is 0 Å². The Kier molecular flexibility index (Phi) is 9.69. The van der Waals surface area contributed by atoms with Crippen LogP contribution in [0.15, 0.2) is 11.8 Å². The molecule has 108 valence electrons. The lowest BCUT2D eigenvalue weighted by Gasteiger charge is -2.40. The van der Waals surface area contributed by atoms with E-state index in [-0.39, 0.29) is 0 Å². The predicted octanol–water partition coefficient (Wildman–Crippen LogP) is 3.56. The topological polar surface area (TPSA) is 6.48 Å². The summed E-state index contributed by atoms with van der Waals surface area (Å²) in [5.74, 6) is 0. The molecule has 0 aliphatic carbocycles. The van der Waals surface area contributed by atoms with Crippen molar-refractivity contribution in [2.24, 2.45) is 0 Å². The molecule has 0 aromatic rings. The molecule has 0 saturated carbocycles. The summed E-state index contributed by atoms with van der Waals surface area (Å²) < 4.78 is 5.41. The van der Waals surface area contributed by atoms with E-state index in [9.17, 15) is 0 Å². The van der Waals surface area contributed by atoms with Gasteiger partial charge in [0.2, 0.25) is 9.12 Å². The van der Waals surface area contributed by atoms with Gasteiger partial charge in [-0.25, -0.2) is 0 Å². The third kappa shape index (κ3) is 5.68. The summed E-state index contributed by atoms with van der Waals surface area (Å²) in [7, 11) is -1.12. The van der Waals surface area contributed by atoms with Crippen LogP contribution < -0.4 is 0 Å². The molecule has 0 aliphatic rings. The van der Waals surface area contributed by atoms with Crippen molar-refractivity contribution in [1.82, 2.24) is 9.13 Å². The van der Waals surface area contributed by atoms with Crippen LogP contribution in [0.4, 0.5) is 0 Å². The largest absolute Gasteiger partial charge is 0.309 e. The van der Waals surface area contributed by atoms with Crippen LogP contribution in [-0.4, -0.2) is 43.4 Å². The van der Waals surface area contributed by atoms with E-state index in [1.54, 1.807) is 0 Å². The Morgan fingerprint density at radius 3 is 1.61 bits per heavy atom. The zero-order chi connectivity index (χ0) is 14.1. The van der Waals surface area contributed by atoms with Gasteiger partial charge in [0.05, 0.1) is 0 Å². The maximum absolute atomic E-state index is 2.70. The molecule has 0 aromatic carbocycles. The zero-order valence-corrected chi connectivity index (χ0v) is 14.8. The standard InChI is InChI=1S/C15H34N2Si/c1-8-11-12-13-18(16(9-2)14(4)5)17(10-3)15(6)7/h12-15,18H,8-11H2,1-7H3. The quantitative estimate of drug-likeness (QED) is 0.591. The van der Waals surface area contributed by atoms with Crippen LogP contribution in [0.25, 0.3) is 0 Å². The first-order chi connectivity index (χ1) is 8.49. The highest BCUT2D eigenvalue weighted by atomic mass is 28.3. The molecule has 0 amide bonds. The van der Waals surface area contributed by atoms with E-state index in [0.29, 0.717) is 12.1 Å². The van der Waals surface area contributed by atoms with Crippen LogP contribution in [-0.2, 0) is 0 Å². The summed E-state index contributed by atoms with van der Waals surface area (Å²) in [4.78, 5) is 0. The SMILES string of the molecule is CCCC=C[SiH](N(CC)C(C)C)N(CC)C(C)C. The first-order valence-electron chi connectivity index (χ1n) is 7.67. The van der Waals surface area contributed by atoms with Gasteiger partial charge >= 0.3 is 0 Å². The van der Waals surface area contributed by atoms with Crippen molar-refractivity contribution in [3.8, 4) is 0 Å². The third-order valence-electron chi connectivity index (χ3n) is 3.50. The zero-order valence-electron chi connectivity index (χ0n) is 13.6. The lowest BCUT2D eigenvalue weighted by atomic mass is 10.3. The van der Waals surface area contributed by atoms with E-state index in [2.05, 4.69) is 69.4 Å². The summed E-state index contributed by atoms with van der Waals surface area (Å²) in [6.45, 7) is 18.5. The summed E-state index contributed by atoms with van der Waals surface area (Å²) in [5, 5.41) is 0. The Labute approximate surface area is 117 Å². The lowest BCUT2D eigenvalue weighted by Crippen LogP contribution is -2.56. The van der Waals surface area contributed by atoms with Gasteiger partial charge in [0.25, 0.3) is 0 Å². The molecule has 0 N–H and O–H groups in total. The first-order valence-corrected chi connectivity index (χ1v) is 9.37. The monoisotopic (exact) mass is 270 g/mol. The Morgan fingerprint density at radius 1 is 0.889 bits per heavy atom. The minimum absolute atomic E-state index is 0.644. The van der Waals surface area contributed by atoms with Crippen molar-refractivity contribution < 1.29 is 0 Å². The van der Waals surface area contributed by atoms with E-state index in [1.807, 2.05) is 0 Å². The summed E-state index contributed by atoms with van der Waals surface area (Å²) in [5.41, 5.74) is 2.54. The van der Waals surface area contributed by atoms with Crippen LogP contribution in [0.2, 0.25) is 0 Å². The van der Waals surface area contributed by atoms with Gasteiger partial charge < -0.3 is 9.13 Å². The molecule has 0 saturated heterocycles. The molecule has 0 aliphatic heterocycles. The molecule has 0 atom stereocenters. The van der Waals surface area contributed by atoms with E-state index in [0.717, 1.165) is 13.1 Å². The Bertz CT molecular complexity index is 211. The third-order valence-corrected chi connectivity index (χ3v) is 7.40. The van der Waals surface area contributed by atoms with Crippen LogP contribution in [0, 0.1) is 0 Å². The predicted molar refractivity (Wildman–Crippen MR) is 86.2 cm³/mol. The molecule has 0 bridgehead atoms. The Morgan fingerprint density at radius 2 is 1.33 bits per heavy atom. The van der Waals surface area contributed by atoms with Gasteiger partial charge in [0.15, 0.2) is 0 Å². The van der Waals surface area contributed by atoms with Crippen molar-refractivity contribution in [3.05, 3.63) is 11.8 Å². The molecule has 0 spiro atoms. The summed E-state index contributed by atoms with van der Waals surface area (Å²) in [6.07, 6.45) is 4.88. The highest BCUT2D eigenvalue weighted by Crippen LogP contribution is 2.12. The fraction of sp³-hybridized carbons (Fsp3) is 0.867. The molecule has 0 unspecified atom stereocenters. The first kappa shape index (κ1) is 17.9. The maximum atomic E-state index is 2.70. The average Bonchev–Trinajstić information content (AvgIpc) is 2.29. The van der Waals surface area contributed by atoms with Crippen molar-refractivity contribution >= 4 is 9.12 Å². The molecule has 18 heavy (non-hydrogen) atoms. The molecule has 2 nitrogen and oxygen atoms in total. The van der Waals surface area contributed by atoms with Gasteiger partial charge in [-0.3, -0.25) is 0 Å². The van der Waals surface area contributed by atoms with Crippen molar-refractivity contribution in [1.29, 1.82) is 0 Å². The highest BCUT2D eigenvalue weighted by Gasteiger charge is 2.26. The van der Waals surface area contributed by atoms with Crippen LogP contribution >= 0.6 is 0 Å². The van der Waals surface area contributed by atoms with Gasteiger partial charge in [-0.1, -0.05) is 66.7 Å². The van der Waals surface area contributed by atoms with Gasteiger partial charge in [-0.2, -0.15) is 0 Å². The number of hydrogen-bond acceptors (Lipinski definition) is 2. The molecule has 0 rings (SSSR count).